The SMILES string of the molecule is COc1cc(C(C)NC(=O)N2CC(C)CC(C(=O)O)C2)ccc1OCC(C)C. The zero-order valence-electron chi connectivity index (χ0n) is 17.4. The van der Waals surface area contributed by atoms with E-state index in [0.717, 1.165) is 5.56 Å². The van der Waals surface area contributed by atoms with Crippen LogP contribution in [0.1, 0.15) is 45.7 Å². The van der Waals surface area contributed by atoms with Crippen molar-refractivity contribution in [1.82, 2.24) is 10.2 Å². The summed E-state index contributed by atoms with van der Waals surface area (Å²) in [4.78, 5) is 25.6. The van der Waals surface area contributed by atoms with Crippen molar-refractivity contribution in [2.75, 3.05) is 26.8 Å². The summed E-state index contributed by atoms with van der Waals surface area (Å²) < 4.78 is 11.2. The number of carboxylic acids is 1. The number of piperidine rings is 1. The number of rotatable bonds is 7. The van der Waals surface area contributed by atoms with E-state index in [0.29, 0.717) is 37.0 Å². The molecule has 3 atom stereocenters. The normalized spacial score (nSPS) is 20.6. The first kappa shape index (κ1) is 21.9. The number of nitrogens with zero attached hydrogens (tertiary/aromatic N) is 1. The quantitative estimate of drug-likeness (QED) is 0.741. The Bertz CT molecular complexity index is 691. The van der Waals surface area contributed by atoms with E-state index < -0.39 is 11.9 Å². The fourth-order valence-corrected chi connectivity index (χ4v) is 3.39. The van der Waals surface area contributed by atoms with Crippen LogP contribution in [0.15, 0.2) is 18.2 Å². The van der Waals surface area contributed by atoms with E-state index in [1.54, 1.807) is 12.0 Å². The van der Waals surface area contributed by atoms with Crippen LogP contribution >= 0.6 is 0 Å². The first-order valence-corrected chi connectivity index (χ1v) is 9.80. The zero-order valence-corrected chi connectivity index (χ0v) is 17.4. The Labute approximate surface area is 167 Å². The molecule has 3 unspecified atom stereocenters. The van der Waals surface area contributed by atoms with Crippen molar-refractivity contribution in [2.24, 2.45) is 17.8 Å². The van der Waals surface area contributed by atoms with Gasteiger partial charge in [-0.25, -0.2) is 4.79 Å². The Morgan fingerprint density at radius 2 is 1.96 bits per heavy atom. The van der Waals surface area contributed by atoms with Crippen LogP contribution in [-0.2, 0) is 4.79 Å². The number of hydrogen-bond donors (Lipinski definition) is 2. The molecule has 2 rings (SSSR count). The van der Waals surface area contributed by atoms with E-state index in [1.807, 2.05) is 32.0 Å². The van der Waals surface area contributed by atoms with E-state index in [-0.39, 0.29) is 24.5 Å². The molecule has 1 heterocycles. The number of carbonyl (C=O) groups is 2. The molecule has 0 bridgehead atoms. The number of methoxy groups -OCH3 is 1. The molecule has 1 aromatic rings. The number of amides is 2. The number of carbonyl (C=O) groups excluding carboxylic acids is 1. The number of urea groups is 1. The van der Waals surface area contributed by atoms with Crippen LogP contribution in [0.5, 0.6) is 11.5 Å². The minimum Gasteiger partial charge on any atom is -0.493 e. The molecule has 28 heavy (non-hydrogen) atoms. The zero-order chi connectivity index (χ0) is 20.8. The maximum absolute atomic E-state index is 12.7. The van der Waals surface area contributed by atoms with E-state index >= 15 is 0 Å². The van der Waals surface area contributed by atoms with Crippen LogP contribution in [0.3, 0.4) is 0 Å². The van der Waals surface area contributed by atoms with Gasteiger partial charge in [-0.1, -0.05) is 26.8 Å². The van der Waals surface area contributed by atoms with Gasteiger partial charge in [0.25, 0.3) is 0 Å². The van der Waals surface area contributed by atoms with Crippen molar-refractivity contribution in [2.45, 2.75) is 40.2 Å². The van der Waals surface area contributed by atoms with Gasteiger partial charge in [0, 0.05) is 13.1 Å². The number of hydrogen-bond acceptors (Lipinski definition) is 4. The fourth-order valence-electron chi connectivity index (χ4n) is 3.39. The first-order chi connectivity index (χ1) is 13.2. The number of carboxylic acid groups (broad SMARTS) is 1. The summed E-state index contributed by atoms with van der Waals surface area (Å²) in [5.74, 6) is 0.503. The minimum atomic E-state index is -0.848. The molecule has 7 heteroatoms. The smallest absolute Gasteiger partial charge is 0.317 e. The van der Waals surface area contributed by atoms with Crippen LogP contribution in [0.4, 0.5) is 4.79 Å². The maximum Gasteiger partial charge on any atom is 0.317 e. The third kappa shape index (κ3) is 5.78. The van der Waals surface area contributed by atoms with Crippen molar-refractivity contribution in [3.8, 4) is 11.5 Å². The molecule has 1 fully saturated rings. The summed E-state index contributed by atoms with van der Waals surface area (Å²) in [6, 6.07) is 5.12. The largest absolute Gasteiger partial charge is 0.493 e. The highest BCUT2D eigenvalue weighted by molar-refractivity contribution is 5.77. The topological polar surface area (TPSA) is 88.1 Å². The van der Waals surface area contributed by atoms with Gasteiger partial charge in [0.2, 0.25) is 0 Å². The van der Waals surface area contributed by atoms with E-state index in [4.69, 9.17) is 9.47 Å². The lowest BCUT2D eigenvalue weighted by atomic mass is 9.91. The monoisotopic (exact) mass is 392 g/mol. The van der Waals surface area contributed by atoms with Crippen LogP contribution in [-0.4, -0.2) is 48.8 Å². The summed E-state index contributed by atoms with van der Waals surface area (Å²) >= 11 is 0. The molecule has 0 aliphatic carbocycles. The Kier molecular flexibility index (Phi) is 7.54. The maximum atomic E-state index is 12.7. The predicted octanol–water partition coefficient (Wildman–Crippen LogP) is 3.54. The van der Waals surface area contributed by atoms with Gasteiger partial charge in [-0.15, -0.1) is 0 Å². The van der Waals surface area contributed by atoms with Crippen LogP contribution in [0.2, 0.25) is 0 Å². The molecule has 7 nitrogen and oxygen atoms in total. The van der Waals surface area contributed by atoms with Crippen molar-refractivity contribution in [1.29, 1.82) is 0 Å². The van der Waals surface area contributed by atoms with Gasteiger partial charge in [0.1, 0.15) is 0 Å². The third-order valence-electron chi connectivity index (χ3n) is 4.90. The van der Waals surface area contributed by atoms with E-state index in [9.17, 15) is 14.7 Å². The van der Waals surface area contributed by atoms with Crippen LogP contribution in [0.25, 0.3) is 0 Å². The molecule has 2 N–H and O–H groups in total. The van der Waals surface area contributed by atoms with Crippen molar-refractivity contribution in [3.05, 3.63) is 23.8 Å². The summed E-state index contributed by atoms with van der Waals surface area (Å²) in [6.45, 7) is 9.42. The molecule has 1 aromatic carbocycles. The molecular formula is C21H32N2O5. The van der Waals surface area contributed by atoms with Gasteiger partial charge in [0.15, 0.2) is 11.5 Å². The molecule has 0 radical (unpaired) electrons. The second-order valence-corrected chi connectivity index (χ2v) is 8.07. The predicted molar refractivity (Wildman–Crippen MR) is 107 cm³/mol. The number of nitrogens with one attached hydrogen (secondary N) is 1. The Morgan fingerprint density at radius 1 is 1.25 bits per heavy atom. The number of likely N-dealkylation sites (tertiary alicyclic amines) is 1. The van der Waals surface area contributed by atoms with Crippen LogP contribution < -0.4 is 14.8 Å². The summed E-state index contributed by atoms with van der Waals surface area (Å²) in [7, 11) is 1.59. The molecule has 0 spiro atoms. The number of aliphatic carboxylic acids is 1. The molecule has 0 aromatic heterocycles. The summed E-state index contributed by atoms with van der Waals surface area (Å²) in [5.41, 5.74) is 0.891. The molecule has 0 saturated carbocycles. The van der Waals surface area contributed by atoms with Gasteiger partial charge >= 0.3 is 12.0 Å². The molecule has 156 valence electrons. The molecular weight excluding hydrogens is 360 g/mol. The second-order valence-electron chi connectivity index (χ2n) is 8.07. The molecule has 1 saturated heterocycles. The Hall–Kier alpha value is -2.44. The average molecular weight is 392 g/mol. The summed E-state index contributed by atoms with van der Waals surface area (Å²) in [6.07, 6.45) is 0.601. The Balaban J connectivity index is 2.04. The highest BCUT2D eigenvalue weighted by atomic mass is 16.5. The van der Waals surface area contributed by atoms with Crippen molar-refractivity contribution >= 4 is 12.0 Å². The number of ether oxygens (including phenoxy) is 2. The fraction of sp³-hybridized carbons (Fsp3) is 0.619. The second kappa shape index (κ2) is 9.66. The van der Waals surface area contributed by atoms with E-state index in [2.05, 4.69) is 19.2 Å². The molecule has 1 aliphatic rings. The molecule has 1 aliphatic heterocycles. The first-order valence-electron chi connectivity index (χ1n) is 9.80. The minimum absolute atomic E-state index is 0.161. The van der Waals surface area contributed by atoms with Gasteiger partial charge in [-0.3, -0.25) is 4.79 Å². The highest BCUT2D eigenvalue weighted by Crippen LogP contribution is 2.31. The molecule has 2 amide bonds. The van der Waals surface area contributed by atoms with E-state index in [1.165, 1.54) is 0 Å². The van der Waals surface area contributed by atoms with Crippen LogP contribution in [0, 0.1) is 17.8 Å². The average Bonchev–Trinajstić information content (AvgIpc) is 2.65. The van der Waals surface area contributed by atoms with Crippen molar-refractivity contribution < 1.29 is 24.2 Å². The standard InChI is InChI=1S/C21H32N2O5/c1-13(2)12-28-18-7-6-16(9-19(18)27-5)15(4)22-21(26)23-10-14(3)8-17(11-23)20(24)25/h6-7,9,13-15,17H,8,10-12H2,1-5H3,(H,22,26)(H,24,25). The lowest BCUT2D eigenvalue weighted by Gasteiger charge is -2.35. The van der Waals surface area contributed by atoms with Crippen molar-refractivity contribution in [3.63, 3.8) is 0 Å². The summed E-state index contributed by atoms with van der Waals surface area (Å²) in [5, 5.41) is 12.3. The van der Waals surface area contributed by atoms with Gasteiger partial charge in [-0.2, -0.15) is 0 Å². The lowest BCUT2D eigenvalue weighted by Crippen LogP contribution is -2.49. The Morgan fingerprint density at radius 3 is 2.57 bits per heavy atom. The van der Waals surface area contributed by atoms with Gasteiger partial charge in [0.05, 0.1) is 25.7 Å². The van der Waals surface area contributed by atoms with Gasteiger partial charge < -0.3 is 24.8 Å². The third-order valence-corrected chi connectivity index (χ3v) is 4.90. The number of benzene rings is 1. The lowest BCUT2D eigenvalue weighted by molar-refractivity contribution is -0.143. The highest BCUT2D eigenvalue weighted by Gasteiger charge is 2.32. The van der Waals surface area contributed by atoms with Gasteiger partial charge in [-0.05, 0) is 42.9 Å².